The third kappa shape index (κ3) is 4.31. The van der Waals surface area contributed by atoms with Gasteiger partial charge in [0.15, 0.2) is 0 Å². The molecule has 1 amide bonds. The number of piperazine rings is 1. The summed E-state index contributed by atoms with van der Waals surface area (Å²) in [6, 6.07) is 4.22. The summed E-state index contributed by atoms with van der Waals surface area (Å²) < 4.78 is 0. The van der Waals surface area contributed by atoms with E-state index < -0.39 is 5.97 Å². The average molecular weight is 337 g/mol. The fraction of sp³-hybridized carbons (Fsp3) is 0.625. The molecule has 126 valence electrons. The first-order valence-corrected chi connectivity index (χ1v) is 8.97. The number of hydrogen-bond acceptors (Lipinski definition) is 5. The zero-order valence-corrected chi connectivity index (χ0v) is 14.0. The first-order valence-electron chi connectivity index (χ1n) is 8.09. The molecule has 2 aliphatic heterocycles. The summed E-state index contributed by atoms with van der Waals surface area (Å²) in [7, 11) is 0. The zero-order valence-electron chi connectivity index (χ0n) is 13.2. The van der Waals surface area contributed by atoms with E-state index in [2.05, 4.69) is 22.4 Å². The fourth-order valence-electron chi connectivity index (χ4n) is 3.25. The van der Waals surface area contributed by atoms with Crippen LogP contribution in [0.3, 0.4) is 0 Å². The number of carbonyl (C=O) groups is 2. The Labute approximate surface area is 140 Å². The van der Waals surface area contributed by atoms with E-state index in [9.17, 15) is 9.59 Å². The monoisotopic (exact) mass is 337 g/mol. The van der Waals surface area contributed by atoms with E-state index in [-0.39, 0.29) is 11.8 Å². The Kier molecular flexibility index (Phi) is 5.30. The van der Waals surface area contributed by atoms with Crippen LogP contribution in [0, 0.1) is 5.92 Å². The summed E-state index contributed by atoms with van der Waals surface area (Å²) >= 11 is 1.77. The Morgan fingerprint density at radius 1 is 1.17 bits per heavy atom. The van der Waals surface area contributed by atoms with Gasteiger partial charge in [-0.15, -0.1) is 11.3 Å². The van der Waals surface area contributed by atoms with Gasteiger partial charge in [0.2, 0.25) is 5.91 Å². The third-order valence-corrected chi connectivity index (χ3v) is 5.53. The normalized spacial score (nSPS) is 23.3. The van der Waals surface area contributed by atoms with Gasteiger partial charge in [-0.3, -0.25) is 19.4 Å². The Morgan fingerprint density at radius 3 is 2.57 bits per heavy atom. The highest BCUT2D eigenvalue weighted by Crippen LogP contribution is 2.17. The van der Waals surface area contributed by atoms with Crippen molar-refractivity contribution in [3.8, 4) is 0 Å². The van der Waals surface area contributed by atoms with Crippen molar-refractivity contribution in [2.24, 2.45) is 5.92 Å². The van der Waals surface area contributed by atoms with Gasteiger partial charge in [-0.1, -0.05) is 6.07 Å². The predicted octanol–water partition coefficient (Wildman–Crippen LogP) is 0.799. The summed E-state index contributed by atoms with van der Waals surface area (Å²) in [6.07, 6.45) is 0.650. The van der Waals surface area contributed by atoms with Crippen molar-refractivity contribution in [1.82, 2.24) is 14.7 Å². The number of rotatable bonds is 5. The number of carboxylic acids is 1. The van der Waals surface area contributed by atoms with Crippen molar-refractivity contribution in [1.29, 1.82) is 0 Å². The molecule has 3 rings (SSSR count). The molecular formula is C16H23N3O3S. The smallest absolute Gasteiger partial charge is 0.307 e. The van der Waals surface area contributed by atoms with Crippen LogP contribution >= 0.6 is 11.3 Å². The average Bonchev–Trinajstić information content (AvgIpc) is 3.19. The quantitative estimate of drug-likeness (QED) is 0.861. The fourth-order valence-corrected chi connectivity index (χ4v) is 3.99. The molecule has 7 heteroatoms. The van der Waals surface area contributed by atoms with Crippen LogP contribution < -0.4 is 0 Å². The van der Waals surface area contributed by atoms with E-state index >= 15 is 0 Å². The SMILES string of the molecule is O=C(O)C1CCN(CC(=O)N2CCN(Cc3cccs3)CC2)C1. The van der Waals surface area contributed by atoms with Crippen LogP contribution in [0.4, 0.5) is 0 Å². The van der Waals surface area contributed by atoms with Crippen LogP contribution in [-0.4, -0.2) is 77.5 Å². The molecular weight excluding hydrogens is 314 g/mol. The van der Waals surface area contributed by atoms with E-state index in [1.807, 2.05) is 9.80 Å². The number of carbonyl (C=O) groups excluding carboxylic acids is 1. The number of hydrogen-bond donors (Lipinski definition) is 1. The maximum Gasteiger partial charge on any atom is 0.307 e. The Balaban J connectivity index is 1.41. The van der Waals surface area contributed by atoms with Crippen molar-refractivity contribution < 1.29 is 14.7 Å². The molecule has 1 aromatic heterocycles. The lowest BCUT2D eigenvalue weighted by Crippen LogP contribution is -2.50. The van der Waals surface area contributed by atoms with Gasteiger partial charge in [-0.2, -0.15) is 0 Å². The number of nitrogens with zero attached hydrogens (tertiary/aromatic N) is 3. The van der Waals surface area contributed by atoms with Gasteiger partial charge in [0, 0.05) is 44.1 Å². The van der Waals surface area contributed by atoms with Crippen LogP contribution in [0.5, 0.6) is 0 Å². The lowest BCUT2D eigenvalue weighted by Gasteiger charge is -2.35. The highest BCUT2D eigenvalue weighted by molar-refractivity contribution is 7.09. The molecule has 6 nitrogen and oxygen atoms in total. The molecule has 0 saturated carbocycles. The first kappa shape index (κ1) is 16.4. The Hall–Kier alpha value is -1.44. The molecule has 1 aromatic rings. The predicted molar refractivity (Wildman–Crippen MR) is 88.4 cm³/mol. The topological polar surface area (TPSA) is 64.1 Å². The number of aliphatic carboxylic acids is 1. The van der Waals surface area contributed by atoms with Crippen molar-refractivity contribution in [2.75, 3.05) is 45.8 Å². The second-order valence-electron chi connectivity index (χ2n) is 6.30. The lowest BCUT2D eigenvalue weighted by atomic mass is 10.1. The highest BCUT2D eigenvalue weighted by atomic mass is 32.1. The van der Waals surface area contributed by atoms with Gasteiger partial charge in [0.1, 0.15) is 0 Å². The van der Waals surface area contributed by atoms with Gasteiger partial charge in [-0.05, 0) is 24.4 Å². The molecule has 2 aliphatic rings. The molecule has 1 unspecified atom stereocenters. The molecule has 1 atom stereocenters. The van der Waals surface area contributed by atoms with E-state index in [4.69, 9.17) is 5.11 Å². The molecule has 0 radical (unpaired) electrons. The molecule has 2 saturated heterocycles. The maximum absolute atomic E-state index is 12.4. The molecule has 3 heterocycles. The van der Waals surface area contributed by atoms with Crippen LogP contribution in [0.1, 0.15) is 11.3 Å². The minimum absolute atomic E-state index is 0.131. The van der Waals surface area contributed by atoms with Crippen LogP contribution in [-0.2, 0) is 16.1 Å². The number of likely N-dealkylation sites (tertiary alicyclic amines) is 1. The van der Waals surface area contributed by atoms with Crippen molar-refractivity contribution in [3.05, 3.63) is 22.4 Å². The van der Waals surface area contributed by atoms with Crippen molar-refractivity contribution in [3.63, 3.8) is 0 Å². The molecule has 0 bridgehead atoms. The van der Waals surface area contributed by atoms with Crippen LogP contribution in [0.2, 0.25) is 0 Å². The third-order valence-electron chi connectivity index (χ3n) is 4.67. The molecule has 1 N–H and O–H groups in total. The highest BCUT2D eigenvalue weighted by Gasteiger charge is 2.30. The summed E-state index contributed by atoms with van der Waals surface area (Å²) in [4.78, 5) is 31.0. The second kappa shape index (κ2) is 7.42. The van der Waals surface area contributed by atoms with E-state index in [0.717, 1.165) is 32.7 Å². The zero-order chi connectivity index (χ0) is 16.2. The van der Waals surface area contributed by atoms with E-state index in [1.165, 1.54) is 4.88 Å². The summed E-state index contributed by atoms with van der Waals surface area (Å²) in [5.74, 6) is -0.931. The Bertz CT molecular complexity index is 541. The van der Waals surface area contributed by atoms with E-state index in [1.54, 1.807) is 11.3 Å². The molecule has 0 aromatic carbocycles. The maximum atomic E-state index is 12.4. The molecule has 0 aliphatic carbocycles. The Morgan fingerprint density at radius 2 is 1.96 bits per heavy atom. The molecule has 0 spiro atoms. The van der Waals surface area contributed by atoms with Crippen molar-refractivity contribution in [2.45, 2.75) is 13.0 Å². The molecule has 23 heavy (non-hydrogen) atoms. The van der Waals surface area contributed by atoms with Gasteiger partial charge in [0.05, 0.1) is 12.5 Å². The minimum Gasteiger partial charge on any atom is -0.481 e. The number of carboxylic acid groups (broad SMARTS) is 1. The van der Waals surface area contributed by atoms with Crippen molar-refractivity contribution >= 4 is 23.2 Å². The first-order chi connectivity index (χ1) is 11.1. The lowest BCUT2D eigenvalue weighted by molar-refractivity contribution is -0.141. The summed E-state index contributed by atoms with van der Waals surface area (Å²) in [6.45, 7) is 5.87. The van der Waals surface area contributed by atoms with Gasteiger partial charge >= 0.3 is 5.97 Å². The number of amides is 1. The summed E-state index contributed by atoms with van der Waals surface area (Å²) in [5, 5.41) is 11.1. The standard InChI is InChI=1S/C16H23N3O3S/c20-15(12-18-4-3-13(10-18)16(21)22)19-7-5-17(6-8-19)11-14-2-1-9-23-14/h1-2,9,13H,3-8,10-12H2,(H,21,22). The van der Waals surface area contributed by atoms with Gasteiger partial charge in [-0.25, -0.2) is 0 Å². The van der Waals surface area contributed by atoms with Gasteiger partial charge in [0.25, 0.3) is 0 Å². The number of thiophene rings is 1. The largest absolute Gasteiger partial charge is 0.481 e. The second-order valence-corrected chi connectivity index (χ2v) is 7.33. The minimum atomic E-state index is -0.748. The van der Waals surface area contributed by atoms with Gasteiger partial charge < -0.3 is 10.0 Å². The summed E-state index contributed by atoms with van der Waals surface area (Å²) in [5.41, 5.74) is 0. The van der Waals surface area contributed by atoms with Crippen LogP contribution in [0.25, 0.3) is 0 Å². The van der Waals surface area contributed by atoms with E-state index in [0.29, 0.717) is 26.1 Å². The molecule has 2 fully saturated rings. The van der Waals surface area contributed by atoms with Crippen LogP contribution in [0.15, 0.2) is 17.5 Å².